The van der Waals surface area contributed by atoms with Gasteiger partial charge in [-0.3, -0.25) is 9.91 Å². The lowest BCUT2D eigenvalue weighted by Crippen LogP contribution is -2.46. The van der Waals surface area contributed by atoms with Gasteiger partial charge >= 0.3 is 0 Å². The Morgan fingerprint density at radius 2 is 1.79 bits per heavy atom. The molecule has 0 aromatic heterocycles. The summed E-state index contributed by atoms with van der Waals surface area (Å²) in [7, 11) is 4.07. The van der Waals surface area contributed by atoms with Gasteiger partial charge in [-0.1, -0.05) is 41.6 Å². The first-order valence-electron chi connectivity index (χ1n) is 13.6. The predicted molar refractivity (Wildman–Crippen MR) is 161 cm³/mol. The number of piperazine rings is 1. The molecule has 5 rings (SSSR count). The Balaban J connectivity index is 1.25. The van der Waals surface area contributed by atoms with E-state index in [1.54, 1.807) is 0 Å². The van der Waals surface area contributed by atoms with E-state index in [0.29, 0.717) is 19.3 Å². The number of likely N-dealkylation sites (N-methyl/N-ethyl adjacent to an activating group) is 1. The minimum absolute atomic E-state index is 0.301. The summed E-state index contributed by atoms with van der Waals surface area (Å²) in [6.45, 7) is 7.70. The van der Waals surface area contributed by atoms with E-state index in [2.05, 4.69) is 51.2 Å². The summed E-state index contributed by atoms with van der Waals surface area (Å²) in [6.07, 6.45) is 2.92. The van der Waals surface area contributed by atoms with E-state index < -0.39 is 0 Å². The number of rotatable bonds is 9. The Hall–Kier alpha value is -2.71. The van der Waals surface area contributed by atoms with Gasteiger partial charge in [0.05, 0.1) is 12.8 Å². The van der Waals surface area contributed by atoms with Gasteiger partial charge in [0, 0.05) is 53.6 Å². The van der Waals surface area contributed by atoms with Crippen LogP contribution in [0.3, 0.4) is 0 Å². The normalized spacial score (nSPS) is 17.7. The molecule has 0 saturated carbocycles. The van der Waals surface area contributed by atoms with Crippen LogP contribution in [0.2, 0.25) is 5.02 Å². The molecule has 3 aromatic rings. The summed E-state index contributed by atoms with van der Waals surface area (Å²) in [5.74, 6) is 1.53. The molecule has 8 heteroatoms. The van der Waals surface area contributed by atoms with Crippen molar-refractivity contribution in [3.63, 3.8) is 0 Å². The third-order valence-corrected chi connectivity index (χ3v) is 8.55. The maximum Gasteiger partial charge on any atom is 0.161 e. The highest BCUT2D eigenvalue weighted by atomic mass is 35.5. The number of halogens is 1. The number of nitrogens with zero attached hydrogens (tertiary/aromatic N) is 4. The molecule has 0 unspecified atom stereocenters. The lowest BCUT2D eigenvalue weighted by Gasteiger charge is -2.38. The molecule has 6 nitrogen and oxygen atoms in total. The molecule has 1 atom stereocenters. The highest BCUT2D eigenvalue weighted by Gasteiger charge is 2.30. The third kappa shape index (κ3) is 7.09. The second kappa shape index (κ2) is 13.1. The van der Waals surface area contributed by atoms with Crippen molar-refractivity contribution in [3.05, 3.63) is 82.4 Å². The van der Waals surface area contributed by atoms with Gasteiger partial charge in [0.25, 0.3) is 0 Å². The van der Waals surface area contributed by atoms with Gasteiger partial charge in [0.15, 0.2) is 11.5 Å². The SMILES string of the molecule is CCOc1cc(/C=N\N2CCN([C@@H]3Cc4ccccc4Sc4ccc(Cl)cc43)CC2)ccc1OCCN(C)C. The van der Waals surface area contributed by atoms with Gasteiger partial charge < -0.3 is 14.4 Å². The standard InChI is InChI=1S/C31H37ClN4O2S/c1-4-37-29-19-23(9-11-28(29)38-18-17-34(2)3)22-33-36-15-13-35(14-16-36)27-20-24-7-5-6-8-30(24)39-31-12-10-25(32)21-26(27)31/h5-12,19,21-22,27H,4,13-18,20H2,1-3H3/b33-22-/t27-/m1/s1. The van der Waals surface area contributed by atoms with Crippen molar-refractivity contribution in [1.29, 1.82) is 0 Å². The molecule has 0 amide bonds. The fraction of sp³-hybridized carbons (Fsp3) is 0.387. The molecule has 0 spiro atoms. The van der Waals surface area contributed by atoms with E-state index in [1.165, 1.54) is 20.9 Å². The fourth-order valence-corrected chi connectivity index (χ4v) is 6.32. The van der Waals surface area contributed by atoms with Crippen LogP contribution in [0.25, 0.3) is 0 Å². The van der Waals surface area contributed by atoms with Crippen molar-refractivity contribution < 1.29 is 9.47 Å². The highest BCUT2D eigenvalue weighted by molar-refractivity contribution is 7.99. The minimum Gasteiger partial charge on any atom is -0.490 e. The van der Waals surface area contributed by atoms with Crippen LogP contribution < -0.4 is 9.47 Å². The number of hydrogen-bond acceptors (Lipinski definition) is 7. The first-order valence-corrected chi connectivity index (χ1v) is 14.8. The van der Waals surface area contributed by atoms with Crippen LogP contribution in [0.1, 0.15) is 29.7 Å². The van der Waals surface area contributed by atoms with Crippen LogP contribution in [-0.2, 0) is 6.42 Å². The van der Waals surface area contributed by atoms with Gasteiger partial charge in [0.2, 0.25) is 0 Å². The van der Waals surface area contributed by atoms with Gasteiger partial charge in [-0.2, -0.15) is 5.10 Å². The van der Waals surface area contributed by atoms with E-state index in [0.717, 1.165) is 61.2 Å². The van der Waals surface area contributed by atoms with Crippen molar-refractivity contribution in [2.75, 3.05) is 60.0 Å². The molecule has 0 radical (unpaired) electrons. The zero-order valence-corrected chi connectivity index (χ0v) is 24.5. The van der Waals surface area contributed by atoms with Gasteiger partial charge in [0.1, 0.15) is 6.61 Å². The van der Waals surface area contributed by atoms with Crippen molar-refractivity contribution in [2.24, 2.45) is 5.10 Å². The maximum atomic E-state index is 6.47. The van der Waals surface area contributed by atoms with E-state index in [-0.39, 0.29) is 0 Å². The smallest absolute Gasteiger partial charge is 0.161 e. The number of hydrogen-bond donors (Lipinski definition) is 0. The summed E-state index contributed by atoms with van der Waals surface area (Å²) in [5, 5.41) is 7.78. The molecule has 0 aliphatic carbocycles. The highest BCUT2D eigenvalue weighted by Crippen LogP contribution is 2.43. The van der Waals surface area contributed by atoms with Crippen molar-refractivity contribution in [2.45, 2.75) is 29.2 Å². The van der Waals surface area contributed by atoms with E-state index in [4.69, 9.17) is 26.2 Å². The molecule has 1 fully saturated rings. The first-order chi connectivity index (χ1) is 19.0. The monoisotopic (exact) mass is 564 g/mol. The Bertz CT molecular complexity index is 1290. The molecule has 3 aromatic carbocycles. The minimum atomic E-state index is 0.301. The van der Waals surface area contributed by atoms with Crippen LogP contribution in [0.5, 0.6) is 11.5 Å². The maximum absolute atomic E-state index is 6.47. The lowest BCUT2D eigenvalue weighted by molar-refractivity contribution is 0.0970. The first kappa shape index (κ1) is 27.8. The Labute approximate surface area is 241 Å². The van der Waals surface area contributed by atoms with Crippen LogP contribution in [0.15, 0.2) is 75.6 Å². The second-order valence-electron chi connectivity index (χ2n) is 10.1. The zero-order valence-electron chi connectivity index (χ0n) is 23.0. The average Bonchev–Trinajstić information content (AvgIpc) is 3.10. The van der Waals surface area contributed by atoms with E-state index in [1.807, 2.05) is 63.3 Å². The number of hydrazone groups is 1. The summed E-state index contributed by atoms with van der Waals surface area (Å²) in [5.41, 5.74) is 3.73. The average molecular weight is 565 g/mol. The lowest BCUT2D eigenvalue weighted by atomic mass is 9.97. The molecular weight excluding hydrogens is 528 g/mol. The topological polar surface area (TPSA) is 40.5 Å². The summed E-state index contributed by atoms with van der Waals surface area (Å²) < 4.78 is 11.8. The molecule has 2 aliphatic heterocycles. The van der Waals surface area contributed by atoms with E-state index in [9.17, 15) is 0 Å². The number of fused-ring (bicyclic) bond motifs is 2. The van der Waals surface area contributed by atoms with E-state index >= 15 is 0 Å². The number of ether oxygens (including phenoxy) is 2. The number of benzene rings is 3. The molecular formula is C31H37ClN4O2S. The van der Waals surface area contributed by atoms with Crippen LogP contribution in [0.4, 0.5) is 0 Å². The largest absolute Gasteiger partial charge is 0.490 e. The van der Waals surface area contributed by atoms with Crippen LogP contribution in [-0.4, -0.2) is 81.1 Å². The molecule has 0 N–H and O–H groups in total. The molecule has 2 heterocycles. The van der Waals surface area contributed by atoms with Crippen LogP contribution in [0, 0.1) is 0 Å². The Kier molecular flexibility index (Phi) is 9.35. The summed E-state index contributed by atoms with van der Waals surface area (Å²) in [6, 6.07) is 21.4. The zero-order chi connectivity index (χ0) is 27.2. The molecule has 0 bridgehead atoms. The molecule has 2 aliphatic rings. The Morgan fingerprint density at radius 3 is 2.59 bits per heavy atom. The van der Waals surface area contributed by atoms with Gasteiger partial charge in [-0.05, 0) is 86.6 Å². The van der Waals surface area contributed by atoms with Crippen molar-refractivity contribution in [3.8, 4) is 11.5 Å². The third-order valence-electron chi connectivity index (χ3n) is 7.10. The predicted octanol–water partition coefficient (Wildman–Crippen LogP) is 6.08. The van der Waals surface area contributed by atoms with Gasteiger partial charge in [-0.15, -0.1) is 0 Å². The van der Waals surface area contributed by atoms with Crippen molar-refractivity contribution >= 4 is 29.6 Å². The molecule has 206 valence electrons. The molecule has 1 saturated heterocycles. The summed E-state index contributed by atoms with van der Waals surface area (Å²) in [4.78, 5) is 7.33. The summed E-state index contributed by atoms with van der Waals surface area (Å²) >= 11 is 8.33. The second-order valence-corrected chi connectivity index (χ2v) is 11.7. The fourth-order valence-electron chi connectivity index (χ4n) is 5.02. The Morgan fingerprint density at radius 1 is 0.974 bits per heavy atom. The quantitative estimate of drug-likeness (QED) is 0.293. The van der Waals surface area contributed by atoms with Crippen molar-refractivity contribution in [1.82, 2.24) is 14.8 Å². The van der Waals surface area contributed by atoms with Gasteiger partial charge in [-0.25, -0.2) is 0 Å². The molecule has 39 heavy (non-hydrogen) atoms. The van der Waals surface area contributed by atoms with Crippen LogP contribution >= 0.6 is 23.4 Å².